The minimum atomic E-state index is -4.36. The fraction of sp³-hybridized carbons (Fsp3) is 0.682. The Morgan fingerprint density at radius 3 is 2.67 bits per heavy atom. The smallest absolute Gasteiger partial charge is 0.381 e. The Labute approximate surface area is 179 Å². The molecule has 8 heteroatoms. The summed E-state index contributed by atoms with van der Waals surface area (Å²) >= 11 is 1.60. The minimum Gasteiger partial charge on any atom is -0.381 e. The lowest BCUT2D eigenvalue weighted by Gasteiger charge is -2.37. The van der Waals surface area contributed by atoms with E-state index in [1.807, 2.05) is 6.26 Å². The molecule has 1 amide bonds. The van der Waals surface area contributed by atoms with Crippen molar-refractivity contribution in [2.75, 3.05) is 26.0 Å². The number of carbonyl (C=O) groups is 1. The van der Waals surface area contributed by atoms with E-state index in [9.17, 15) is 18.0 Å². The Balaban J connectivity index is 1.44. The summed E-state index contributed by atoms with van der Waals surface area (Å²) in [5.41, 5.74) is 0.892. The van der Waals surface area contributed by atoms with Gasteiger partial charge in [0.05, 0.1) is 10.3 Å². The Hall–Kier alpha value is -1.25. The Morgan fingerprint density at radius 2 is 1.97 bits per heavy atom. The number of nitrogens with one attached hydrogen (secondary N) is 1. The first-order valence-corrected chi connectivity index (χ1v) is 11.9. The SMILES string of the molecule is CS[C@]1(C(=O)N2CCc3ccc(C(F)(F)F)cc3C2)CC[C@@H](NC2CCOCC2)C1. The molecular weight excluding hydrogens is 413 g/mol. The van der Waals surface area contributed by atoms with E-state index < -0.39 is 16.5 Å². The standard InChI is InChI=1S/C22H29F3N2O2S/c1-30-21(8-4-19(13-21)26-18-6-10-29-11-7-18)20(28)27-9-5-15-2-3-17(22(23,24)25)12-16(15)14-27/h2-3,12,18-19,26H,4-11,13-14H2,1H3/t19-,21-/m1/s1. The number of amides is 1. The van der Waals surface area contributed by atoms with Gasteiger partial charge < -0.3 is 15.0 Å². The summed E-state index contributed by atoms with van der Waals surface area (Å²) in [5, 5.41) is 3.72. The van der Waals surface area contributed by atoms with Crippen molar-refractivity contribution in [2.45, 2.75) is 68.1 Å². The first-order valence-electron chi connectivity index (χ1n) is 10.7. The molecule has 2 heterocycles. The number of hydrogen-bond donors (Lipinski definition) is 1. The highest BCUT2D eigenvalue weighted by Crippen LogP contribution is 2.43. The van der Waals surface area contributed by atoms with Gasteiger partial charge in [-0.25, -0.2) is 0 Å². The summed E-state index contributed by atoms with van der Waals surface area (Å²) in [6.45, 7) is 2.39. The van der Waals surface area contributed by atoms with Crippen LogP contribution in [0.5, 0.6) is 0 Å². The van der Waals surface area contributed by atoms with Crippen LogP contribution in [0.15, 0.2) is 18.2 Å². The van der Waals surface area contributed by atoms with E-state index >= 15 is 0 Å². The number of hydrogen-bond acceptors (Lipinski definition) is 4. The van der Waals surface area contributed by atoms with Crippen LogP contribution in [-0.4, -0.2) is 53.7 Å². The molecule has 30 heavy (non-hydrogen) atoms. The van der Waals surface area contributed by atoms with Gasteiger partial charge in [-0.05, 0) is 68.0 Å². The van der Waals surface area contributed by atoms with Crippen LogP contribution in [-0.2, 0) is 28.7 Å². The zero-order valence-electron chi connectivity index (χ0n) is 17.3. The van der Waals surface area contributed by atoms with Crippen LogP contribution in [0.2, 0.25) is 0 Å². The van der Waals surface area contributed by atoms with Crippen molar-refractivity contribution in [1.29, 1.82) is 0 Å². The fourth-order valence-corrected chi connectivity index (χ4v) is 6.00. The minimum absolute atomic E-state index is 0.0781. The average molecular weight is 443 g/mol. The van der Waals surface area contributed by atoms with E-state index in [0.717, 1.165) is 56.9 Å². The molecule has 4 rings (SSSR count). The van der Waals surface area contributed by atoms with Crippen LogP contribution in [0.4, 0.5) is 13.2 Å². The number of rotatable bonds is 4. The van der Waals surface area contributed by atoms with E-state index in [4.69, 9.17) is 4.74 Å². The third-order valence-corrected chi connectivity index (χ3v) is 8.11. The van der Waals surface area contributed by atoms with Gasteiger partial charge in [-0.1, -0.05) is 6.07 Å². The van der Waals surface area contributed by atoms with Crippen molar-refractivity contribution < 1.29 is 22.7 Å². The summed E-state index contributed by atoms with van der Waals surface area (Å²) in [6, 6.07) is 4.67. The first kappa shape index (κ1) is 22.0. The highest BCUT2D eigenvalue weighted by atomic mass is 32.2. The topological polar surface area (TPSA) is 41.6 Å². The number of benzene rings is 1. The Morgan fingerprint density at radius 1 is 1.20 bits per heavy atom. The molecule has 3 aliphatic rings. The largest absolute Gasteiger partial charge is 0.416 e. The van der Waals surface area contributed by atoms with Crippen molar-refractivity contribution in [3.05, 3.63) is 34.9 Å². The van der Waals surface area contributed by atoms with Crippen molar-refractivity contribution in [3.8, 4) is 0 Å². The molecule has 0 aromatic heterocycles. The molecule has 2 atom stereocenters. The average Bonchev–Trinajstić information content (AvgIpc) is 3.16. The maximum absolute atomic E-state index is 13.5. The number of halogens is 3. The molecule has 166 valence electrons. The van der Waals surface area contributed by atoms with Gasteiger partial charge in [0.15, 0.2) is 0 Å². The van der Waals surface area contributed by atoms with E-state index in [-0.39, 0.29) is 12.5 Å². The normalized spacial score (nSPS) is 27.9. The van der Waals surface area contributed by atoms with Crippen LogP contribution in [0, 0.1) is 0 Å². The lowest BCUT2D eigenvalue weighted by Crippen LogP contribution is -2.48. The predicted molar refractivity (Wildman–Crippen MR) is 111 cm³/mol. The van der Waals surface area contributed by atoms with Gasteiger partial charge >= 0.3 is 6.18 Å². The third kappa shape index (κ3) is 4.50. The molecule has 1 aliphatic carbocycles. The summed E-state index contributed by atoms with van der Waals surface area (Å²) in [6.07, 6.45) is 2.75. The van der Waals surface area contributed by atoms with Gasteiger partial charge in [0.25, 0.3) is 0 Å². The summed E-state index contributed by atoms with van der Waals surface area (Å²) in [5.74, 6) is 0.0781. The van der Waals surface area contributed by atoms with E-state index in [1.165, 1.54) is 6.07 Å². The van der Waals surface area contributed by atoms with Gasteiger partial charge in [0, 0.05) is 38.4 Å². The third-order valence-electron chi connectivity index (χ3n) is 6.78. The second kappa shape index (κ2) is 8.71. The molecule has 0 radical (unpaired) electrons. The Kier molecular flexibility index (Phi) is 6.38. The summed E-state index contributed by atoms with van der Waals surface area (Å²) in [7, 11) is 0. The van der Waals surface area contributed by atoms with Crippen LogP contribution in [0.1, 0.15) is 48.8 Å². The maximum Gasteiger partial charge on any atom is 0.416 e. The number of alkyl halides is 3. The molecule has 1 saturated carbocycles. The van der Waals surface area contributed by atoms with E-state index in [2.05, 4.69) is 5.32 Å². The van der Waals surface area contributed by atoms with Crippen molar-refractivity contribution >= 4 is 17.7 Å². The molecule has 1 N–H and O–H groups in total. The molecular formula is C22H29F3N2O2S. The van der Waals surface area contributed by atoms with Crippen LogP contribution < -0.4 is 5.32 Å². The molecule has 1 aromatic carbocycles. The number of fused-ring (bicyclic) bond motifs is 1. The quantitative estimate of drug-likeness (QED) is 0.765. The van der Waals surface area contributed by atoms with Gasteiger partial charge in [0.1, 0.15) is 0 Å². The van der Waals surface area contributed by atoms with E-state index in [0.29, 0.717) is 30.6 Å². The number of thioether (sulfide) groups is 1. The van der Waals surface area contributed by atoms with E-state index in [1.54, 1.807) is 22.7 Å². The van der Waals surface area contributed by atoms with Crippen LogP contribution in [0.3, 0.4) is 0 Å². The second-order valence-electron chi connectivity index (χ2n) is 8.65. The molecule has 2 fully saturated rings. The molecule has 1 saturated heterocycles. The molecule has 1 aromatic rings. The zero-order chi connectivity index (χ0) is 21.4. The number of ether oxygens (including phenoxy) is 1. The summed E-state index contributed by atoms with van der Waals surface area (Å²) in [4.78, 5) is 15.3. The van der Waals surface area contributed by atoms with Crippen molar-refractivity contribution in [2.24, 2.45) is 0 Å². The van der Waals surface area contributed by atoms with Gasteiger partial charge in [-0.2, -0.15) is 13.2 Å². The molecule has 0 spiro atoms. The van der Waals surface area contributed by atoms with Gasteiger partial charge in [-0.15, -0.1) is 11.8 Å². The lowest BCUT2D eigenvalue weighted by molar-refractivity contribution is -0.137. The lowest BCUT2D eigenvalue weighted by atomic mass is 9.95. The summed E-state index contributed by atoms with van der Waals surface area (Å²) < 4.78 is 44.3. The molecule has 0 unspecified atom stereocenters. The maximum atomic E-state index is 13.5. The zero-order valence-corrected chi connectivity index (χ0v) is 18.1. The van der Waals surface area contributed by atoms with Gasteiger partial charge in [-0.3, -0.25) is 4.79 Å². The monoisotopic (exact) mass is 442 g/mol. The first-order chi connectivity index (χ1) is 14.3. The van der Waals surface area contributed by atoms with Crippen LogP contribution in [0.25, 0.3) is 0 Å². The molecule has 2 aliphatic heterocycles. The van der Waals surface area contributed by atoms with Crippen molar-refractivity contribution in [1.82, 2.24) is 10.2 Å². The highest BCUT2D eigenvalue weighted by molar-refractivity contribution is 8.00. The fourth-order valence-electron chi connectivity index (χ4n) is 5.01. The Bertz CT molecular complexity index is 782. The van der Waals surface area contributed by atoms with Crippen LogP contribution >= 0.6 is 11.8 Å². The molecule has 0 bridgehead atoms. The number of carbonyl (C=O) groups excluding carboxylic acids is 1. The van der Waals surface area contributed by atoms with Gasteiger partial charge in [0.2, 0.25) is 5.91 Å². The highest BCUT2D eigenvalue weighted by Gasteiger charge is 2.47. The molecule has 4 nitrogen and oxygen atoms in total. The predicted octanol–water partition coefficient (Wildman–Crippen LogP) is 4.01. The number of nitrogens with zero attached hydrogens (tertiary/aromatic N) is 1. The second-order valence-corrected chi connectivity index (χ2v) is 9.84. The van der Waals surface area contributed by atoms with Crippen molar-refractivity contribution in [3.63, 3.8) is 0 Å².